The van der Waals surface area contributed by atoms with E-state index < -0.39 is 10.0 Å². The first-order valence-electron chi connectivity index (χ1n) is 10.5. The summed E-state index contributed by atoms with van der Waals surface area (Å²) in [6.45, 7) is 8.95. The number of ether oxygens (including phenoxy) is 3. The fraction of sp³-hybridized carbons (Fsp3) is 0.667. The number of methoxy groups -OCH3 is 2. The highest BCUT2D eigenvalue weighted by Crippen LogP contribution is 2.31. The van der Waals surface area contributed by atoms with Crippen molar-refractivity contribution in [2.24, 2.45) is 0 Å². The molecule has 0 saturated carbocycles. The SMILES string of the molecule is COc1ccc(OC)c(S(=O)(=O)N2CCN(C(=O)CN3CC(C)OC(C)(C)C3)CC2)c1. The van der Waals surface area contributed by atoms with Crippen LogP contribution in [0.5, 0.6) is 11.5 Å². The monoisotopic (exact) mass is 455 g/mol. The molecule has 0 bridgehead atoms. The maximum Gasteiger partial charge on any atom is 0.247 e. The van der Waals surface area contributed by atoms with Gasteiger partial charge in [-0.05, 0) is 32.9 Å². The molecule has 2 fully saturated rings. The number of carbonyl (C=O) groups is 1. The number of hydrogen-bond acceptors (Lipinski definition) is 7. The molecule has 0 N–H and O–H groups in total. The van der Waals surface area contributed by atoms with Crippen LogP contribution in [-0.2, 0) is 19.6 Å². The molecule has 3 rings (SSSR count). The van der Waals surface area contributed by atoms with Gasteiger partial charge in [-0.2, -0.15) is 4.31 Å². The molecule has 0 spiro atoms. The summed E-state index contributed by atoms with van der Waals surface area (Å²) in [7, 11) is -0.852. The number of rotatable bonds is 6. The van der Waals surface area contributed by atoms with Crippen molar-refractivity contribution in [3.05, 3.63) is 18.2 Å². The van der Waals surface area contributed by atoms with Crippen molar-refractivity contribution in [2.75, 3.05) is 60.0 Å². The molecule has 2 aliphatic rings. The van der Waals surface area contributed by atoms with Crippen LogP contribution in [0.3, 0.4) is 0 Å². The molecule has 174 valence electrons. The fourth-order valence-corrected chi connectivity index (χ4v) is 5.89. The number of amides is 1. The number of hydrogen-bond donors (Lipinski definition) is 0. The summed E-state index contributed by atoms with van der Waals surface area (Å²) in [5, 5.41) is 0. The van der Waals surface area contributed by atoms with E-state index >= 15 is 0 Å². The summed E-state index contributed by atoms with van der Waals surface area (Å²) in [6.07, 6.45) is 0.0661. The fourth-order valence-electron chi connectivity index (χ4n) is 4.30. The third-order valence-corrected chi connectivity index (χ3v) is 7.50. The normalized spacial score (nSPS) is 22.9. The summed E-state index contributed by atoms with van der Waals surface area (Å²) in [4.78, 5) is 16.8. The van der Waals surface area contributed by atoms with Crippen LogP contribution >= 0.6 is 0 Å². The van der Waals surface area contributed by atoms with Gasteiger partial charge in [0.05, 0.1) is 32.5 Å². The van der Waals surface area contributed by atoms with Gasteiger partial charge < -0.3 is 19.1 Å². The van der Waals surface area contributed by atoms with Gasteiger partial charge >= 0.3 is 0 Å². The molecular weight excluding hydrogens is 422 g/mol. The molecule has 1 aromatic rings. The first-order chi connectivity index (χ1) is 14.6. The van der Waals surface area contributed by atoms with E-state index in [1.54, 1.807) is 17.0 Å². The lowest BCUT2D eigenvalue weighted by Gasteiger charge is -2.42. The number of sulfonamides is 1. The van der Waals surface area contributed by atoms with Crippen LogP contribution in [-0.4, -0.2) is 100 Å². The molecule has 0 aliphatic carbocycles. The number of carbonyl (C=O) groups excluding carboxylic acids is 1. The molecule has 0 aromatic heterocycles. The Morgan fingerprint density at radius 2 is 1.84 bits per heavy atom. The van der Waals surface area contributed by atoms with Crippen molar-refractivity contribution in [2.45, 2.75) is 37.4 Å². The third kappa shape index (κ3) is 5.49. The van der Waals surface area contributed by atoms with Crippen LogP contribution in [0.4, 0.5) is 0 Å². The van der Waals surface area contributed by atoms with Gasteiger partial charge in [0, 0.05) is 45.3 Å². The van der Waals surface area contributed by atoms with E-state index in [2.05, 4.69) is 4.90 Å². The van der Waals surface area contributed by atoms with Crippen LogP contribution in [0.1, 0.15) is 20.8 Å². The molecule has 9 nitrogen and oxygen atoms in total. The average Bonchev–Trinajstić information content (AvgIpc) is 2.71. The first-order valence-corrected chi connectivity index (χ1v) is 11.9. The first kappa shape index (κ1) is 23.8. The summed E-state index contributed by atoms with van der Waals surface area (Å²) >= 11 is 0. The van der Waals surface area contributed by atoms with Gasteiger partial charge in [-0.1, -0.05) is 0 Å². The molecule has 1 atom stereocenters. The van der Waals surface area contributed by atoms with E-state index in [9.17, 15) is 13.2 Å². The number of morpholine rings is 1. The predicted octanol–water partition coefficient (Wildman–Crippen LogP) is 1.04. The highest BCUT2D eigenvalue weighted by molar-refractivity contribution is 7.89. The zero-order valence-corrected chi connectivity index (χ0v) is 19.8. The van der Waals surface area contributed by atoms with E-state index in [1.165, 1.54) is 24.6 Å². The second-order valence-corrected chi connectivity index (χ2v) is 10.6. The third-order valence-electron chi connectivity index (χ3n) is 5.58. The van der Waals surface area contributed by atoms with E-state index in [-0.39, 0.29) is 41.3 Å². The van der Waals surface area contributed by atoms with Crippen molar-refractivity contribution in [1.82, 2.24) is 14.1 Å². The number of nitrogens with zero attached hydrogens (tertiary/aromatic N) is 3. The van der Waals surface area contributed by atoms with Crippen LogP contribution in [0.2, 0.25) is 0 Å². The molecule has 1 amide bonds. The van der Waals surface area contributed by atoms with E-state index in [1.807, 2.05) is 20.8 Å². The average molecular weight is 456 g/mol. The van der Waals surface area contributed by atoms with E-state index in [0.717, 1.165) is 0 Å². The minimum absolute atomic E-state index is 0.0147. The van der Waals surface area contributed by atoms with Gasteiger partial charge in [0.1, 0.15) is 16.4 Å². The van der Waals surface area contributed by atoms with Gasteiger partial charge in [-0.25, -0.2) is 8.42 Å². The van der Waals surface area contributed by atoms with Crippen molar-refractivity contribution in [1.29, 1.82) is 0 Å². The zero-order valence-electron chi connectivity index (χ0n) is 19.0. The Kier molecular flexibility index (Phi) is 7.14. The van der Waals surface area contributed by atoms with Crippen molar-refractivity contribution in [3.63, 3.8) is 0 Å². The van der Waals surface area contributed by atoms with Gasteiger partial charge in [-0.15, -0.1) is 0 Å². The van der Waals surface area contributed by atoms with Crippen molar-refractivity contribution >= 4 is 15.9 Å². The lowest BCUT2D eigenvalue weighted by Crippen LogP contribution is -2.56. The largest absolute Gasteiger partial charge is 0.497 e. The molecule has 10 heteroatoms. The van der Waals surface area contributed by atoms with Crippen molar-refractivity contribution in [3.8, 4) is 11.5 Å². The highest BCUT2D eigenvalue weighted by Gasteiger charge is 2.35. The molecule has 0 radical (unpaired) electrons. The molecule has 2 heterocycles. The van der Waals surface area contributed by atoms with E-state index in [4.69, 9.17) is 14.2 Å². The Balaban J connectivity index is 1.63. The van der Waals surface area contributed by atoms with Crippen molar-refractivity contribution < 1.29 is 27.4 Å². The molecule has 2 aliphatic heterocycles. The quantitative estimate of drug-likeness (QED) is 0.633. The van der Waals surface area contributed by atoms with Crippen LogP contribution in [0.25, 0.3) is 0 Å². The Hall–Kier alpha value is -1.88. The minimum Gasteiger partial charge on any atom is -0.497 e. The smallest absolute Gasteiger partial charge is 0.247 e. The van der Waals surface area contributed by atoms with Gasteiger partial charge in [0.2, 0.25) is 15.9 Å². The Labute approximate surface area is 184 Å². The van der Waals surface area contributed by atoms with Crippen LogP contribution in [0.15, 0.2) is 23.1 Å². The maximum absolute atomic E-state index is 13.2. The molecule has 2 saturated heterocycles. The summed E-state index contributed by atoms with van der Waals surface area (Å²) < 4.78 is 44.1. The second kappa shape index (κ2) is 9.32. The zero-order chi connectivity index (χ0) is 22.8. The Bertz CT molecular complexity index is 896. The Morgan fingerprint density at radius 1 is 1.16 bits per heavy atom. The van der Waals surface area contributed by atoms with Gasteiger partial charge in [-0.3, -0.25) is 9.69 Å². The Morgan fingerprint density at radius 3 is 2.42 bits per heavy atom. The second-order valence-electron chi connectivity index (χ2n) is 8.66. The van der Waals surface area contributed by atoms with Gasteiger partial charge in [0.25, 0.3) is 0 Å². The lowest BCUT2D eigenvalue weighted by molar-refractivity contribution is -0.146. The summed E-state index contributed by atoms with van der Waals surface area (Å²) in [5.41, 5.74) is -0.291. The summed E-state index contributed by atoms with van der Waals surface area (Å²) in [5.74, 6) is 0.722. The molecule has 31 heavy (non-hydrogen) atoms. The van der Waals surface area contributed by atoms with Gasteiger partial charge in [0.15, 0.2) is 0 Å². The van der Waals surface area contributed by atoms with E-state index in [0.29, 0.717) is 38.5 Å². The highest BCUT2D eigenvalue weighted by atomic mass is 32.2. The number of piperazine rings is 1. The number of benzene rings is 1. The maximum atomic E-state index is 13.2. The van der Waals surface area contributed by atoms with Crippen LogP contribution < -0.4 is 9.47 Å². The minimum atomic E-state index is -3.77. The predicted molar refractivity (Wildman–Crippen MR) is 116 cm³/mol. The lowest BCUT2D eigenvalue weighted by atomic mass is 10.1. The molecular formula is C21H33N3O6S. The summed E-state index contributed by atoms with van der Waals surface area (Å²) in [6, 6.07) is 4.70. The van der Waals surface area contributed by atoms with Crippen LogP contribution in [0, 0.1) is 0 Å². The standard InChI is InChI=1S/C21H33N3O6S/c1-16-13-22(15-21(2,3)30-16)14-20(25)23-8-10-24(11-9-23)31(26,27)19-12-17(28-4)6-7-18(19)29-5/h6-7,12,16H,8-11,13-15H2,1-5H3. The molecule has 1 aromatic carbocycles. The topological polar surface area (TPSA) is 88.6 Å². The molecule has 1 unspecified atom stereocenters.